The van der Waals surface area contributed by atoms with Gasteiger partial charge >= 0.3 is 5.97 Å². The summed E-state index contributed by atoms with van der Waals surface area (Å²) in [6, 6.07) is -0.716. The molecule has 0 fully saturated rings. The summed E-state index contributed by atoms with van der Waals surface area (Å²) in [6.07, 6.45) is 67.2. The van der Waals surface area contributed by atoms with E-state index in [1.54, 1.807) is 0 Å². The molecule has 6 heteroatoms. The average Bonchev–Trinajstić information content (AvgIpc) is 3.31. The fourth-order valence-corrected chi connectivity index (χ4v) is 8.60. The molecule has 0 bridgehead atoms. The van der Waals surface area contributed by atoms with Crippen LogP contribution in [0, 0.1) is 0 Å². The quantitative estimate of drug-likeness (QED) is 0.0321. The highest BCUT2D eigenvalue weighted by Gasteiger charge is 2.24. The predicted octanol–water partition coefficient (Wildman–Crippen LogP) is 17.6. The number of aliphatic hydroxyl groups is 2. The number of carbonyl (C=O) groups is 2. The van der Waals surface area contributed by atoms with Crippen molar-refractivity contribution in [2.75, 3.05) is 6.61 Å². The molecule has 0 aromatic carbocycles. The van der Waals surface area contributed by atoms with Crippen LogP contribution in [-0.4, -0.2) is 46.9 Å². The van der Waals surface area contributed by atoms with Gasteiger partial charge < -0.3 is 20.3 Å². The fraction of sp³-hybridized carbons (Fsp3) is 0.800. The number of carbonyl (C=O) groups excluding carboxylic acids is 2. The number of esters is 1. The second-order valence-electron chi connectivity index (χ2n) is 19.3. The van der Waals surface area contributed by atoms with E-state index >= 15 is 0 Å². The molecule has 6 nitrogen and oxygen atoms in total. The highest BCUT2D eigenvalue weighted by molar-refractivity contribution is 5.77. The van der Waals surface area contributed by atoms with Crippen molar-refractivity contribution in [2.24, 2.45) is 0 Å². The van der Waals surface area contributed by atoms with E-state index in [0.29, 0.717) is 19.3 Å². The van der Waals surface area contributed by atoms with Crippen molar-refractivity contribution in [3.05, 3.63) is 60.8 Å². The number of allylic oxidation sites excluding steroid dienone is 10. The molecule has 0 aromatic rings. The lowest BCUT2D eigenvalue weighted by Gasteiger charge is -2.24. The van der Waals surface area contributed by atoms with Gasteiger partial charge in [-0.2, -0.15) is 0 Å². The SMILES string of the molecule is CC/C=C/C/C=C/C/C=C/C/C=C/C/C=C/CCC(=O)OC(CCCCCCCCCCCCCCCC)CC(=O)NC(CO)C(O)CCCCCCCCCCCCCCCCCCC. The van der Waals surface area contributed by atoms with Gasteiger partial charge in [0.2, 0.25) is 5.91 Å². The van der Waals surface area contributed by atoms with Crippen LogP contribution in [0.2, 0.25) is 0 Å². The molecular weight excluding hydrogens is 815 g/mol. The normalized spacial score (nSPS) is 13.6. The van der Waals surface area contributed by atoms with Crippen LogP contribution in [0.25, 0.3) is 0 Å². The minimum absolute atomic E-state index is 0.0498. The Morgan fingerprint density at radius 3 is 1.15 bits per heavy atom. The van der Waals surface area contributed by atoms with Gasteiger partial charge in [-0.1, -0.05) is 274 Å². The molecule has 3 unspecified atom stereocenters. The molecule has 0 spiro atoms. The monoisotopic (exact) mass is 924 g/mol. The number of ether oxygens (including phenoxy) is 1. The zero-order chi connectivity index (χ0) is 48.1. The molecule has 0 radical (unpaired) electrons. The number of amides is 1. The Bertz CT molecular complexity index is 1170. The molecule has 0 saturated heterocycles. The minimum Gasteiger partial charge on any atom is -0.462 e. The number of nitrogens with one attached hydrogen (secondary N) is 1. The molecular formula is C60H109NO5. The van der Waals surface area contributed by atoms with Gasteiger partial charge in [-0.25, -0.2) is 0 Å². The summed E-state index contributed by atoms with van der Waals surface area (Å²) in [7, 11) is 0. The highest BCUT2D eigenvalue weighted by atomic mass is 16.5. The summed E-state index contributed by atoms with van der Waals surface area (Å²) >= 11 is 0. The summed E-state index contributed by atoms with van der Waals surface area (Å²) in [5.74, 6) is -0.562. The Kier molecular flexibility index (Phi) is 51.5. The maximum Gasteiger partial charge on any atom is 0.306 e. The molecule has 1 amide bonds. The standard InChI is InChI=1S/C60H109NO5/c1-4-7-10-13-16-19-22-25-28-30-31-34-37-40-43-46-49-52-58(63)57(55-62)61-59(64)54-56(51-48-45-42-39-36-33-27-24-21-18-15-12-9-6-3)66-60(65)53-50-47-44-41-38-35-32-29-26-23-20-17-14-11-8-5-2/h8,11,17,20,26,29,35,38,44,47,56-58,62-63H,4-7,9-10,12-16,18-19,21-25,27-28,30-34,36-37,39-43,45-46,48-55H2,1-3H3,(H,61,64)/b11-8+,20-17+,29-26+,38-35+,47-44+. The number of rotatable bonds is 51. The summed E-state index contributed by atoms with van der Waals surface area (Å²) < 4.78 is 5.91. The molecule has 3 atom stereocenters. The zero-order valence-corrected chi connectivity index (χ0v) is 43.8. The first-order valence-electron chi connectivity index (χ1n) is 28.5. The Morgan fingerprint density at radius 2 is 0.788 bits per heavy atom. The lowest BCUT2D eigenvalue weighted by molar-refractivity contribution is -0.150. The smallest absolute Gasteiger partial charge is 0.306 e. The van der Waals surface area contributed by atoms with Gasteiger partial charge in [-0.15, -0.1) is 0 Å². The molecule has 0 heterocycles. The van der Waals surface area contributed by atoms with E-state index in [2.05, 4.69) is 80.8 Å². The molecule has 0 aliphatic heterocycles. The van der Waals surface area contributed by atoms with Crippen molar-refractivity contribution in [2.45, 2.75) is 302 Å². The second-order valence-corrected chi connectivity index (χ2v) is 19.3. The molecule has 66 heavy (non-hydrogen) atoms. The number of hydrogen-bond donors (Lipinski definition) is 3. The lowest BCUT2D eigenvalue weighted by Crippen LogP contribution is -2.46. The zero-order valence-electron chi connectivity index (χ0n) is 43.8. The first-order valence-corrected chi connectivity index (χ1v) is 28.5. The van der Waals surface area contributed by atoms with E-state index in [4.69, 9.17) is 4.74 Å². The predicted molar refractivity (Wildman–Crippen MR) is 287 cm³/mol. The van der Waals surface area contributed by atoms with Crippen LogP contribution < -0.4 is 5.32 Å². The van der Waals surface area contributed by atoms with Gasteiger partial charge in [0.25, 0.3) is 0 Å². The maximum absolute atomic E-state index is 13.3. The minimum atomic E-state index is -0.800. The Labute approximate surface area is 409 Å². The molecule has 384 valence electrons. The van der Waals surface area contributed by atoms with Crippen LogP contribution in [0.5, 0.6) is 0 Å². The summed E-state index contributed by atoms with van der Waals surface area (Å²) in [6.45, 7) is 6.38. The van der Waals surface area contributed by atoms with Crippen LogP contribution in [0.1, 0.15) is 284 Å². The Balaban J connectivity index is 4.60. The van der Waals surface area contributed by atoms with E-state index in [-0.39, 0.29) is 31.3 Å². The second kappa shape index (κ2) is 53.5. The highest BCUT2D eigenvalue weighted by Crippen LogP contribution is 2.18. The number of aliphatic hydroxyl groups excluding tert-OH is 2. The molecule has 3 N–H and O–H groups in total. The molecule has 0 saturated carbocycles. The van der Waals surface area contributed by atoms with Crippen LogP contribution in [0.3, 0.4) is 0 Å². The third-order valence-electron chi connectivity index (χ3n) is 12.9. The van der Waals surface area contributed by atoms with Gasteiger partial charge in [0, 0.05) is 6.42 Å². The van der Waals surface area contributed by atoms with Crippen LogP contribution in [-0.2, 0) is 14.3 Å². The maximum atomic E-state index is 13.3. The Hall–Kier alpha value is -2.44. The first kappa shape index (κ1) is 63.6. The summed E-state index contributed by atoms with van der Waals surface area (Å²) in [5, 5.41) is 23.9. The van der Waals surface area contributed by atoms with Crippen LogP contribution in [0.4, 0.5) is 0 Å². The Morgan fingerprint density at radius 1 is 0.455 bits per heavy atom. The van der Waals surface area contributed by atoms with Gasteiger partial charge in [0.1, 0.15) is 6.10 Å². The third kappa shape index (κ3) is 48.0. The summed E-state index contributed by atoms with van der Waals surface area (Å²) in [4.78, 5) is 26.2. The van der Waals surface area contributed by atoms with Crippen molar-refractivity contribution in [1.29, 1.82) is 0 Å². The van der Waals surface area contributed by atoms with Gasteiger partial charge in [-0.3, -0.25) is 9.59 Å². The van der Waals surface area contributed by atoms with Crippen LogP contribution in [0.15, 0.2) is 60.8 Å². The first-order chi connectivity index (χ1) is 32.5. The van der Waals surface area contributed by atoms with Gasteiger partial charge in [-0.05, 0) is 57.8 Å². The molecule has 0 rings (SSSR count). The van der Waals surface area contributed by atoms with Crippen molar-refractivity contribution in [3.63, 3.8) is 0 Å². The fourth-order valence-electron chi connectivity index (χ4n) is 8.60. The van der Waals surface area contributed by atoms with E-state index < -0.39 is 18.2 Å². The molecule has 0 aliphatic rings. The van der Waals surface area contributed by atoms with E-state index in [0.717, 1.165) is 70.6 Å². The lowest BCUT2D eigenvalue weighted by atomic mass is 10.0. The molecule has 0 aliphatic carbocycles. The average molecular weight is 925 g/mol. The van der Waals surface area contributed by atoms with Crippen molar-refractivity contribution >= 4 is 11.9 Å². The molecule has 0 aromatic heterocycles. The largest absolute Gasteiger partial charge is 0.462 e. The van der Waals surface area contributed by atoms with E-state index in [9.17, 15) is 19.8 Å². The number of unbranched alkanes of at least 4 members (excludes halogenated alkanes) is 29. The van der Waals surface area contributed by atoms with E-state index in [1.165, 1.54) is 161 Å². The van der Waals surface area contributed by atoms with Gasteiger partial charge in [0.05, 0.1) is 25.2 Å². The van der Waals surface area contributed by atoms with Gasteiger partial charge in [0.15, 0.2) is 0 Å². The number of hydrogen-bond acceptors (Lipinski definition) is 5. The van der Waals surface area contributed by atoms with Crippen molar-refractivity contribution < 1.29 is 24.5 Å². The van der Waals surface area contributed by atoms with Crippen molar-refractivity contribution in [3.8, 4) is 0 Å². The van der Waals surface area contributed by atoms with Crippen LogP contribution >= 0.6 is 0 Å². The van der Waals surface area contributed by atoms with E-state index in [1.807, 2.05) is 6.08 Å². The topological polar surface area (TPSA) is 95.9 Å². The summed E-state index contributed by atoms with van der Waals surface area (Å²) in [5.41, 5.74) is 0. The van der Waals surface area contributed by atoms with Crippen molar-refractivity contribution in [1.82, 2.24) is 5.32 Å². The third-order valence-corrected chi connectivity index (χ3v) is 12.9.